The third-order valence-corrected chi connectivity index (χ3v) is 3.88. The molecule has 0 heterocycles. The van der Waals surface area contributed by atoms with E-state index in [4.69, 9.17) is 5.11 Å². The van der Waals surface area contributed by atoms with E-state index < -0.39 is 17.7 Å². The normalized spacial score (nSPS) is 12.8. The minimum Gasteiger partial charge on any atom is -0.481 e. The third-order valence-electron chi connectivity index (χ3n) is 3.88. The number of aliphatic carboxylic acids is 1. The van der Waals surface area contributed by atoms with Crippen molar-refractivity contribution in [1.29, 1.82) is 0 Å². The summed E-state index contributed by atoms with van der Waals surface area (Å²) in [4.78, 5) is 10.8. The SMILES string of the molecule is O=C(O)CCC(Cc1ccccc1)NCc1cccc(C(F)(F)F)c1. The van der Waals surface area contributed by atoms with E-state index >= 15 is 0 Å². The second-order valence-electron chi connectivity index (χ2n) is 5.90. The van der Waals surface area contributed by atoms with Gasteiger partial charge in [-0.2, -0.15) is 13.2 Å². The van der Waals surface area contributed by atoms with Gasteiger partial charge in [-0.1, -0.05) is 48.5 Å². The summed E-state index contributed by atoms with van der Waals surface area (Å²) in [5, 5.41) is 12.1. The van der Waals surface area contributed by atoms with Gasteiger partial charge in [-0.3, -0.25) is 4.79 Å². The molecule has 0 spiro atoms. The van der Waals surface area contributed by atoms with Crippen LogP contribution in [0.5, 0.6) is 0 Å². The van der Waals surface area contributed by atoms with Gasteiger partial charge in [0.1, 0.15) is 0 Å². The van der Waals surface area contributed by atoms with Gasteiger partial charge in [0.25, 0.3) is 0 Å². The average Bonchev–Trinajstić information content (AvgIpc) is 2.57. The first-order chi connectivity index (χ1) is 11.8. The molecule has 0 saturated heterocycles. The lowest BCUT2D eigenvalue weighted by Gasteiger charge is -2.19. The zero-order chi connectivity index (χ0) is 18.3. The van der Waals surface area contributed by atoms with Crippen LogP contribution in [0.2, 0.25) is 0 Å². The Labute approximate surface area is 144 Å². The van der Waals surface area contributed by atoms with Crippen LogP contribution in [-0.2, 0) is 23.9 Å². The molecule has 2 aromatic rings. The van der Waals surface area contributed by atoms with Gasteiger partial charge in [-0.05, 0) is 30.0 Å². The quantitative estimate of drug-likeness (QED) is 0.747. The fourth-order valence-corrected chi connectivity index (χ4v) is 2.59. The highest BCUT2D eigenvalue weighted by atomic mass is 19.4. The first-order valence-electron chi connectivity index (χ1n) is 8.00. The van der Waals surface area contributed by atoms with E-state index in [2.05, 4.69) is 5.32 Å². The zero-order valence-corrected chi connectivity index (χ0v) is 13.6. The third kappa shape index (κ3) is 6.58. The van der Waals surface area contributed by atoms with Crippen LogP contribution in [0.3, 0.4) is 0 Å². The molecule has 0 bridgehead atoms. The second kappa shape index (κ2) is 8.67. The van der Waals surface area contributed by atoms with Crippen molar-refractivity contribution in [3.05, 3.63) is 71.3 Å². The molecule has 1 unspecified atom stereocenters. The lowest BCUT2D eigenvalue weighted by atomic mass is 10.0. The van der Waals surface area contributed by atoms with Crippen molar-refractivity contribution in [2.45, 2.75) is 38.0 Å². The number of rotatable bonds is 8. The van der Waals surface area contributed by atoms with Gasteiger partial charge in [0.05, 0.1) is 5.56 Å². The van der Waals surface area contributed by atoms with Crippen molar-refractivity contribution in [2.24, 2.45) is 0 Å². The summed E-state index contributed by atoms with van der Waals surface area (Å²) in [7, 11) is 0. The summed E-state index contributed by atoms with van der Waals surface area (Å²) in [6.07, 6.45) is -3.34. The van der Waals surface area contributed by atoms with E-state index in [9.17, 15) is 18.0 Å². The summed E-state index contributed by atoms with van der Waals surface area (Å²) in [5.41, 5.74) is 0.884. The Kier molecular flexibility index (Phi) is 6.58. The molecule has 0 aliphatic heterocycles. The predicted octanol–water partition coefficient (Wildman–Crippen LogP) is 4.27. The number of halogens is 3. The number of benzene rings is 2. The smallest absolute Gasteiger partial charge is 0.416 e. The molecule has 2 N–H and O–H groups in total. The van der Waals surface area contributed by atoms with Crippen LogP contribution in [0.4, 0.5) is 13.2 Å². The zero-order valence-electron chi connectivity index (χ0n) is 13.6. The highest BCUT2D eigenvalue weighted by molar-refractivity contribution is 5.66. The Morgan fingerprint density at radius 3 is 2.36 bits per heavy atom. The summed E-state index contributed by atoms with van der Waals surface area (Å²) in [5.74, 6) is -0.890. The van der Waals surface area contributed by atoms with Crippen LogP contribution in [0.15, 0.2) is 54.6 Å². The standard InChI is InChI=1S/C19H20F3NO2/c20-19(21,22)16-8-4-7-15(11-16)13-23-17(9-10-18(24)25)12-14-5-2-1-3-6-14/h1-8,11,17,23H,9-10,12-13H2,(H,24,25). The van der Waals surface area contributed by atoms with E-state index in [1.165, 1.54) is 6.07 Å². The van der Waals surface area contributed by atoms with Crippen molar-refractivity contribution in [3.63, 3.8) is 0 Å². The van der Waals surface area contributed by atoms with Gasteiger partial charge in [-0.25, -0.2) is 0 Å². The highest BCUT2D eigenvalue weighted by Gasteiger charge is 2.30. The van der Waals surface area contributed by atoms with Crippen LogP contribution in [0.25, 0.3) is 0 Å². The van der Waals surface area contributed by atoms with Gasteiger partial charge in [0.15, 0.2) is 0 Å². The molecule has 0 aliphatic rings. The van der Waals surface area contributed by atoms with Crippen molar-refractivity contribution in [3.8, 4) is 0 Å². The van der Waals surface area contributed by atoms with Gasteiger partial charge in [-0.15, -0.1) is 0 Å². The molecule has 1 atom stereocenters. The minimum atomic E-state index is -4.37. The van der Waals surface area contributed by atoms with E-state index in [0.717, 1.165) is 17.7 Å². The molecule has 134 valence electrons. The number of nitrogens with one attached hydrogen (secondary N) is 1. The number of hydrogen-bond acceptors (Lipinski definition) is 2. The lowest BCUT2D eigenvalue weighted by molar-refractivity contribution is -0.138. The van der Waals surface area contributed by atoms with Crippen LogP contribution < -0.4 is 5.32 Å². The predicted molar refractivity (Wildman–Crippen MR) is 89.1 cm³/mol. The number of carbonyl (C=O) groups is 1. The maximum absolute atomic E-state index is 12.8. The first-order valence-corrected chi connectivity index (χ1v) is 8.00. The summed E-state index contributed by atoms with van der Waals surface area (Å²) in [6.45, 7) is 0.251. The fourth-order valence-electron chi connectivity index (χ4n) is 2.59. The molecule has 0 saturated carbocycles. The van der Waals surface area contributed by atoms with Crippen molar-refractivity contribution in [2.75, 3.05) is 0 Å². The van der Waals surface area contributed by atoms with E-state index in [0.29, 0.717) is 18.4 Å². The maximum atomic E-state index is 12.8. The summed E-state index contributed by atoms with van der Waals surface area (Å²) < 4.78 is 38.3. The van der Waals surface area contributed by atoms with Gasteiger partial charge < -0.3 is 10.4 Å². The lowest BCUT2D eigenvalue weighted by Crippen LogP contribution is -2.31. The van der Waals surface area contributed by atoms with Crippen molar-refractivity contribution < 1.29 is 23.1 Å². The molecule has 0 amide bonds. The maximum Gasteiger partial charge on any atom is 0.416 e. The molecular formula is C19H20F3NO2. The monoisotopic (exact) mass is 351 g/mol. The first kappa shape index (κ1) is 19.0. The molecule has 25 heavy (non-hydrogen) atoms. The van der Waals surface area contributed by atoms with E-state index in [1.807, 2.05) is 30.3 Å². The Hall–Kier alpha value is -2.34. The topological polar surface area (TPSA) is 49.3 Å². The van der Waals surface area contributed by atoms with Gasteiger partial charge >= 0.3 is 12.1 Å². The summed E-state index contributed by atoms with van der Waals surface area (Å²) in [6, 6.07) is 14.6. The van der Waals surface area contributed by atoms with E-state index in [-0.39, 0.29) is 19.0 Å². The largest absolute Gasteiger partial charge is 0.481 e. The second-order valence-corrected chi connectivity index (χ2v) is 5.90. The van der Waals surface area contributed by atoms with Crippen LogP contribution >= 0.6 is 0 Å². The van der Waals surface area contributed by atoms with Crippen LogP contribution in [-0.4, -0.2) is 17.1 Å². The Bertz CT molecular complexity index is 687. The molecule has 2 rings (SSSR count). The van der Waals surface area contributed by atoms with Crippen LogP contribution in [0, 0.1) is 0 Å². The number of carboxylic acids is 1. The molecule has 6 heteroatoms. The number of carboxylic acid groups (broad SMARTS) is 1. The Morgan fingerprint density at radius 1 is 1.04 bits per heavy atom. The molecule has 0 radical (unpaired) electrons. The molecular weight excluding hydrogens is 331 g/mol. The fraction of sp³-hybridized carbons (Fsp3) is 0.316. The number of hydrogen-bond donors (Lipinski definition) is 2. The molecule has 2 aromatic carbocycles. The highest BCUT2D eigenvalue weighted by Crippen LogP contribution is 2.29. The average molecular weight is 351 g/mol. The molecule has 3 nitrogen and oxygen atoms in total. The minimum absolute atomic E-state index is 0.00703. The molecule has 0 aliphatic carbocycles. The van der Waals surface area contributed by atoms with Crippen LogP contribution in [0.1, 0.15) is 29.5 Å². The number of alkyl halides is 3. The molecule has 0 fully saturated rings. The molecule has 0 aromatic heterocycles. The van der Waals surface area contributed by atoms with Crippen molar-refractivity contribution in [1.82, 2.24) is 5.32 Å². The Morgan fingerprint density at radius 2 is 1.72 bits per heavy atom. The summed E-state index contributed by atoms with van der Waals surface area (Å²) >= 11 is 0. The van der Waals surface area contributed by atoms with Gasteiger partial charge in [0, 0.05) is 19.0 Å². The van der Waals surface area contributed by atoms with E-state index in [1.54, 1.807) is 6.07 Å². The van der Waals surface area contributed by atoms with Gasteiger partial charge in [0.2, 0.25) is 0 Å². The van der Waals surface area contributed by atoms with Crippen molar-refractivity contribution >= 4 is 5.97 Å². The Balaban J connectivity index is 2.02.